The van der Waals surface area contributed by atoms with E-state index < -0.39 is 36.4 Å². The van der Waals surface area contributed by atoms with Crippen molar-refractivity contribution in [1.29, 1.82) is 0 Å². The van der Waals surface area contributed by atoms with Crippen LogP contribution in [0.5, 0.6) is 17.2 Å². The lowest BCUT2D eigenvalue weighted by molar-refractivity contribution is -0.145. The quantitative estimate of drug-likeness (QED) is 0.0279. The smallest absolute Gasteiger partial charge is 0.408 e. The zero-order chi connectivity index (χ0) is 94.8. The van der Waals surface area contributed by atoms with E-state index >= 15 is 0 Å². The molecule has 9 fully saturated rings. The van der Waals surface area contributed by atoms with Gasteiger partial charge >= 0.3 is 18.3 Å². The third-order valence-corrected chi connectivity index (χ3v) is 32.3. The minimum atomic E-state index is -0.837. The predicted octanol–water partition coefficient (Wildman–Crippen LogP) is 18.0. The molecule has 9 aromatic rings. The second-order valence-corrected chi connectivity index (χ2v) is 42.2. The van der Waals surface area contributed by atoms with Crippen molar-refractivity contribution in [3.63, 3.8) is 0 Å². The maximum atomic E-state index is 14.5. The fraction of sp³-hybridized carbons (Fsp3) is 0.552. The first-order valence-electron chi connectivity index (χ1n) is 50.5. The number of benzene rings is 3. The van der Waals surface area contributed by atoms with Gasteiger partial charge in [0, 0.05) is 106 Å². The maximum Gasteiger partial charge on any atom is 0.415 e. The van der Waals surface area contributed by atoms with Gasteiger partial charge in [0.25, 0.3) is 0 Å². The summed E-state index contributed by atoms with van der Waals surface area (Å²) in [5, 5.41) is 29.2. The molecule has 9 amide bonds. The topological polar surface area (TPSA) is 324 Å². The number of piperazine rings is 3. The van der Waals surface area contributed by atoms with Crippen molar-refractivity contribution in [1.82, 2.24) is 81.2 Å². The average molecular weight is 1940 g/mol. The fourth-order valence-corrected chi connectivity index (χ4v) is 23.9. The summed E-state index contributed by atoms with van der Waals surface area (Å²) in [5.41, 5.74) is 2.44. The zero-order valence-corrected chi connectivity index (χ0v) is 82.3. The second kappa shape index (κ2) is 50.0. The highest BCUT2D eigenvalue weighted by Crippen LogP contribution is 2.37. The molecule has 6 saturated carbocycles. The number of nitrogens with one attached hydrogen (secondary N) is 6. The number of carbonyl (C=O) groups excluding carboxylic acids is 9. The van der Waals surface area contributed by atoms with Crippen LogP contribution < -0.4 is 46.1 Å². The van der Waals surface area contributed by atoms with E-state index in [1.807, 2.05) is 102 Å². The highest BCUT2D eigenvalue weighted by atomic mass is 35.5. The molecule has 0 spiro atoms. The summed E-state index contributed by atoms with van der Waals surface area (Å²) >= 11 is 11.1. The molecule has 732 valence electrons. The van der Waals surface area contributed by atoms with Crippen molar-refractivity contribution in [2.24, 2.45) is 17.8 Å². The molecule has 3 saturated heterocycles. The number of carbonyl (C=O) groups is 9. The number of nitrogens with zero attached hydrogens (tertiary/aromatic N) is 10. The van der Waals surface area contributed by atoms with Gasteiger partial charge in [-0.05, 0) is 159 Å². The van der Waals surface area contributed by atoms with Gasteiger partial charge in [0.15, 0.2) is 17.2 Å². The Morgan fingerprint density at radius 1 is 0.365 bits per heavy atom. The Kier molecular flexibility index (Phi) is 36.4. The lowest BCUT2D eigenvalue weighted by Crippen LogP contribution is -2.64. The molecule has 28 nitrogen and oxygen atoms in total. The van der Waals surface area contributed by atoms with Crippen LogP contribution in [0.2, 0.25) is 5.02 Å². The van der Waals surface area contributed by atoms with Gasteiger partial charge in [-0.15, -0.1) is 34.0 Å². The molecule has 6 atom stereocenters. The summed E-state index contributed by atoms with van der Waals surface area (Å²) in [7, 11) is 0. The number of fused-ring (bicyclic) bond motifs is 3. The Hall–Kier alpha value is -10.3. The van der Waals surface area contributed by atoms with Gasteiger partial charge in [-0.3, -0.25) is 38.7 Å². The maximum absolute atomic E-state index is 14.5. The fourth-order valence-electron chi connectivity index (χ4n) is 21.8. The van der Waals surface area contributed by atoms with E-state index in [2.05, 4.69) is 51.8 Å². The molecule has 18 rings (SSSR count). The van der Waals surface area contributed by atoms with Crippen molar-refractivity contribution in [3.8, 4) is 17.2 Å². The minimum Gasteiger partial charge on any atom is -0.408 e. The molecule has 9 aliphatic rings. The molecular formula is C105H135ClN16O12S3. The SMILES string of the molecule is Cc1ncnc2c(OC(=O)N3CCN(C(=O)[C@@H](CC4CCCCC4)NC4CCCCC4)[C@H](C(=O)NCc4cccs4)C3)cccc12.O=C(NCc1cccs1)[C@@H]1CN(C(=O)Oc2ccc(Cl)c3cccnc23)CCN1C(=O)[C@@H](CC1CCCCC1)NC1CCCCC1.O=C(NCc1cccs1)[C@@H]1CN(C(=O)Oc2cccc3cccnc23)CCN1C(=O)[C@@H](CC1CCCCC1)NC1CCCCC1. The van der Waals surface area contributed by atoms with Crippen molar-refractivity contribution in [2.75, 3.05) is 58.9 Å². The van der Waals surface area contributed by atoms with Crippen LogP contribution in [0.15, 0.2) is 144 Å². The molecule has 0 bridgehead atoms. The third kappa shape index (κ3) is 27.3. The number of thiophene rings is 3. The molecular weight excluding hydrogens is 1810 g/mol. The standard InChI is InChI=1S/C35H44ClN5O4S.C35H46N6O4S.C35H45N5O4S/c36-28-15-16-31(32-27(28)14-7-17-37-32)45-35(44)40-18-19-41(30(23-40)33(42)38-22-26-13-8-20-46-26)34(43)29(21-24-9-3-1-4-10-24)39-25-11-5-2-6-12-25;1-24-28-15-8-16-31(32(28)38-23-37-24)45-35(44)40-17-18-41(30(22-40)33(42)36-21-27-14-9-19-46-27)34(43)29(20-25-10-4-2-5-11-25)39-26-12-6-3-7-13-26;41-33(37-23-28-16-9-21-45-28)30-24-39(35(43)44-31-17-7-12-26-13-8-18-36-32(26)31)19-20-40(30)34(42)29(22-25-10-3-1-4-11-25)38-27-14-5-2-6-15-27/h7-8,13-17,20,24-25,29-30,39H,1-6,9-12,18-19,21-23H2,(H,38,42);8-9,14-16,19,23,25-26,29-30,39H,2-7,10-13,17-18,20-22H2,1H3,(H,36,42);7-9,12-13,16-18,21,25,27,29-30,38H,1-6,10-11,14-15,19-20,22-24H2,(H,37,41)/t3*29-,30+/m111/s1. The summed E-state index contributed by atoms with van der Waals surface area (Å²) in [6.07, 6.45) is 40.7. The number of para-hydroxylation sites is 2. The van der Waals surface area contributed by atoms with Crippen LogP contribution in [0.1, 0.15) is 232 Å². The van der Waals surface area contributed by atoms with Crippen molar-refractivity contribution >= 4 is 132 Å². The predicted molar refractivity (Wildman–Crippen MR) is 536 cm³/mol. The number of hydrogen-bond donors (Lipinski definition) is 6. The first kappa shape index (κ1) is 99.7. The zero-order valence-electron chi connectivity index (χ0n) is 79.1. The summed E-state index contributed by atoms with van der Waals surface area (Å²) in [6, 6.07) is 30.8. The van der Waals surface area contributed by atoms with E-state index in [-0.39, 0.29) is 112 Å². The molecule has 6 aliphatic carbocycles. The Morgan fingerprint density at radius 3 is 1.09 bits per heavy atom. The van der Waals surface area contributed by atoms with Crippen LogP contribution in [-0.2, 0) is 48.4 Å². The number of ether oxygens (including phenoxy) is 3. The first-order valence-corrected chi connectivity index (χ1v) is 53.6. The number of rotatable bonds is 27. The van der Waals surface area contributed by atoms with Crippen molar-refractivity contribution < 1.29 is 57.4 Å². The summed E-state index contributed by atoms with van der Waals surface area (Å²) in [5.74, 6) is 1.67. The van der Waals surface area contributed by atoms with E-state index in [0.29, 0.717) is 99.7 Å². The van der Waals surface area contributed by atoms with E-state index in [1.165, 1.54) is 132 Å². The lowest BCUT2D eigenvalue weighted by atomic mass is 9.83. The van der Waals surface area contributed by atoms with Gasteiger partial charge < -0.3 is 75.5 Å². The van der Waals surface area contributed by atoms with Gasteiger partial charge in [0.1, 0.15) is 41.0 Å². The third-order valence-electron chi connectivity index (χ3n) is 29.3. The van der Waals surface area contributed by atoms with E-state index in [4.69, 9.17) is 25.8 Å². The van der Waals surface area contributed by atoms with E-state index in [1.54, 1.807) is 96.3 Å². The highest BCUT2D eigenvalue weighted by molar-refractivity contribution is 7.10. The van der Waals surface area contributed by atoms with Gasteiger partial charge in [-0.2, -0.15) is 0 Å². The van der Waals surface area contributed by atoms with Crippen molar-refractivity contribution in [2.45, 2.75) is 293 Å². The summed E-state index contributed by atoms with van der Waals surface area (Å²) in [4.78, 5) is 156. The highest BCUT2D eigenvalue weighted by Gasteiger charge is 2.46. The number of halogens is 1. The summed E-state index contributed by atoms with van der Waals surface area (Å²) < 4.78 is 17.5. The van der Waals surface area contributed by atoms with Crippen LogP contribution in [0, 0.1) is 24.7 Å². The van der Waals surface area contributed by atoms with E-state index in [9.17, 15) is 43.2 Å². The normalized spacial score (nSPS) is 20.5. The number of amides is 9. The monoisotopic (exact) mass is 1940 g/mol. The van der Waals surface area contributed by atoms with Crippen LogP contribution in [-0.4, -0.2) is 216 Å². The lowest BCUT2D eigenvalue weighted by Gasteiger charge is -2.42. The van der Waals surface area contributed by atoms with Gasteiger partial charge in [0.05, 0.1) is 62.4 Å². The largest absolute Gasteiger partial charge is 0.415 e. The van der Waals surface area contributed by atoms with Crippen LogP contribution in [0.3, 0.4) is 0 Å². The summed E-state index contributed by atoms with van der Waals surface area (Å²) in [6.45, 7) is 4.78. The van der Waals surface area contributed by atoms with Crippen LogP contribution in [0.4, 0.5) is 14.4 Å². The van der Waals surface area contributed by atoms with Crippen molar-refractivity contribution in [3.05, 3.63) is 169 Å². The van der Waals surface area contributed by atoms with Gasteiger partial charge in [-0.25, -0.2) is 24.4 Å². The molecule has 32 heteroatoms. The molecule has 6 N–H and O–H groups in total. The van der Waals surface area contributed by atoms with E-state index in [0.717, 1.165) is 127 Å². The van der Waals surface area contributed by atoms with Gasteiger partial charge in [-0.1, -0.05) is 214 Å². The Bertz CT molecular complexity index is 5230. The number of hydrogen-bond acceptors (Lipinski definition) is 22. The molecule has 0 radical (unpaired) electrons. The molecule has 9 heterocycles. The Balaban J connectivity index is 0.000000149. The Morgan fingerprint density at radius 2 is 0.701 bits per heavy atom. The molecule has 137 heavy (non-hydrogen) atoms. The molecule has 0 unspecified atom stereocenters. The minimum absolute atomic E-state index is 0.0197. The number of aromatic nitrogens is 4. The average Bonchev–Trinajstić information content (AvgIpc) is 1.77. The molecule has 3 aromatic carbocycles. The number of pyridine rings is 2. The molecule has 3 aliphatic heterocycles. The van der Waals surface area contributed by atoms with Crippen LogP contribution in [0.25, 0.3) is 32.7 Å². The number of aryl methyl sites for hydroxylation is 1. The van der Waals surface area contributed by atoms with Crippen LogP contribution >= 0.6 is 45.6 Å². The molecule has 6 aromatic heterocycles. The Labute approximate surface area is 821 Å². The van der Waals surface area contributed by atoms with Gasteiger partial charge in [0.2, 0.25) is 35.4 Å². The second-order valence-electron chi connectivity index (χ2n) is 38.7. The first-order chi connectivity index (χ1) is 67.0.